The van der Waals surface area contributed by atoms with Crippen molar-refractivity contribution in [3.05, 3.63) is 107 Å². The zero-order valence-electron chi connectivity index (χ0n) is 24.8. The van der Waals surface area contributed by atoms with E-state index in [0.29, 0.717) is 37.0 Å². The monoisotopic (exact) mass is 567 g/mol. The zero-order chi connectivity index (χ0) is 30.0. The maximum atomic E-state index is 10.0. The number of nitrogens with zero attached hydrogens (tertiary/aromatic N) is 3. The molecule has 2 heterocycles. The molecule has 0 spiro atoms. The molecule has 0 radical (unpaired) electrons. The maximum absolute atomic E-state index is 10.0. The lowest BCUT2D eigenvalue weighted by molar-refractivity contribution is 0.290. The average molecular weight is 568 g/mol. The van der Waals surface area contributed by atoms with Gasteiger partial charge in [0, 0.05) is 49.7 Å². The van der Waals surface area contributed by atoms with E-state index >= 15 is 0 Å². The summed E-state index contributed by atoms with van der Waals surface area (Å²) < 4.78 is 11.8. The quantitative estimate of drug-likeness (QED) is 0.155. The Hall–Kier alpha value is -4.29. The van der Waals surface area contributed by atoms with Crippen LogP contribution in [-0.2, 0) is 26.3 Å². The standard InChI is InChI=1S/C32H35N5O3.C2H6/c1-2-13-34-18-25-9-11-31(36-20-25)39-22-24-5-3-6-27(16-24)29-8-4-7-28(30(29)17-33)23-40-32-12-10-26(21-37-32)19-35-14-15-38;1-2/h3-12,16,20-21,34-35,38H,2,13-15,18-19,22-23H2,1H3;1-2H3. The minimum absolute atomic E-state index is 0.0937. The van der Waals surface area contributed by atoms with E-state index in [0.717, 1.165) is 52.9 Å². The van der Waals surface area contributed by atoms with Gasteiger partial charge < -0.3 is 25.2 Å². The summed E-state index contributed by atoms with van der Waals surface area (Å²) in [4.78, 5) is 8.78. The van der Waals surface area contributed by atoms with E-state index in [1.165, 1.54) is 0 Å². The molecule has 220 valence electrons. The number of aromatic nitrogens is 2. The summed E-state index contributed by atoms with van der Waals surface area (Å²) >= 11 is 0. The average Bonchev–Trinajstić information content (AvgIpc) is 3.05. The van der Waals surface area contributed by atoms with E-state index in [4.69, 9.17) is 14.6 Å². The molecular formula is C34H41N5O3. The third kappa shape index (κ3) is 9.96. The van der Waals surface area contributed by atoms with Crippen molar-refractivity contribution < 1.29 is 14.6 Å². The fourth-order valence-electron chi connectivity index (χ4n) is 4.15. The largest absolute Gasteiger partial charge is 0.473 e. The minimum atomic E-state index is 0.0937. The minimum Gasteiger partial charge on any atom is -0.473 e. The summed E-state index contributed by atoms with van der Waals surface area (Å²) in [6.45, 7) is 9.76. The maximum Gasteiger partial charge on any atom is 0.213 e. The van der Waals surface area contributed by atoms with Gasteiger partial charge in [0.2, 0.25) is 11.8 Å². The molecule has 0 aliphatic heterocycles. The predicted octanol–water partition coefficient (Wildman–Crippen LogP) is 5.78. The Balaban J connectivity index is 0.00000237. The van der Waals surface area contributed by atoms with Crippen LogP contribution < -0.4 is 20.1 Å². The second-order valence-corrected chi connectivity index (χ2v) is 9.32. The summed E-state index contributed by atoms with van der Waals surface area (Å²) in [5.41, 5.74) is 6.23. The molecule has 0 amide bonds. The van der Waals surface area contributed by atoms with E-state index in [-0.39, 0.29) is 13.2 Å². The molecule has 2 aromatic heterocycles. The Morgan fingerprint density at radius 3 is 2.02 bits per heavy atom. The number of rotatable bonds is 15. The zero-order valence-corrected chi connectivity index (χ0v) is 24.8. The molecule has 0 aliphatic carbocycles. The van der Waals surface area contributed by atoms with Crippen molar-refractivity contribution in [2.24, 2.45) is 0 Å². The summed E-state index contributed by atoms with van der Waals surface area (Å²) in [7, 11) is 0. The van der Waals surface area contributed by atoms with Gasteiger partial charge in [0.15, 0.2) is 0 Å². The SMILES string of the molecule is CC.CCCNCc1ccc(OCc2cccc(-c3cccc(COc4ccc(CNCCO)cn4)c3C#N)c2)nc1. The molecule has 0 aliphatic rings. The van der Waals surface area contributed by atoms with Crippen molar-refractivity contribution in [3.63, 3.8) is 0 Å². The lowest BCUT2D eigenvalue weighted by atomic mass is 9.95. The number of benzene rings is 2. The van der Waals surface area contributed by atoms with Crippen LogP contribution >= 0.6 is 0 Å². The van der Waals surface area contributed by atoms with Crippen LogP contribution in [0.1, 0.15) is 55.0 Å². The first-order valence-electron chi connectivity index (χ1n) is 14.5. The predicted molar refractivity (Wildman–Crippen MR) is 166 cm³/mol. The van der Waals surface area contributed by atoms with Crippen LogP contribution in [0.2, 0.25) is 0 Å². The molecule has 4 rings (SSSR count). The number of hydrogen-bond acceptors (Lipinski definition) is 8. The Labute approximate surface area is 249 Å². The van der Waals surface area contributed by atoms with E-state index < -0.39 is 0 Å². The number of aliphatic hydroxyl groups is 1. The molecule has 8 heteroatoms. The van der Waals surface area contributed by atoms with Gasteiger partial charge in [0.05, 0.1) is 12.2 Å². The van der Waals surface area contributed by atoms with Gasteiger partial charge >= 0.3 is 0 Å². The molecule has 42 heavy (non-hydrogen) atoms. The van der Waals surface area contributed by atoms with Crippen LogP contribution in [0.15, 0.2) is 79.1 Å². The second kappa shape index (κ2) is 18.2. The third-order valence-corrected chi connectivity index (χ3v) is 6.23. The topological polar surface area (TPSA) is 112 Å². The number of ether oxygens (including phenoxy) is 2. The van der Waals surface area contributed by atoms with E-state index in [1.54, 1.807) is 12.3 Å². The van der Waals surface area contributed by atoms with Gasteiger partial charge in [-0.25, -0.2) is 9.97 Å². The van der Waals surface area contributed by atoms with Gasteiger partial charge in [-0.2, -0.15) is 5.26 Å². The Kier molecular flexibility index (Phi) is 14.0. The number of aliphatic hydroxyl groups excluding tert-OH is 1. The first-order valence-corrected chi connectivity index (χ1v) is 14.5. The Morgan fingerprint density at radius 1 is 0.786 bits per heavy atom. The fraction of sp³-hybridized carbons (Fsp3) is 0.324. The summed E-state index contributed by atoms with van der Waals surface area (Å²) in [5.74, 6) is 1.06. The molecule has 0 saturated carbocycles. The molecule has 0 bridgehead atoms. The second-order valence-electron chi connectivity index (χ2n) is 9.32. The van der Waals surface area contributed by atoms with E-state index in [1.807, 2.05) is 80.7 Å². The Morgan fingerprint density at radius 2 is 1.43 bits per heavy atom. The van der Waals surface area contributed by atoms with Gasteiger partial charge in [0.1, 0.15) is 19.3 Å². The van der Waals surface area contributed by atoms with Gasteiger partial charge in [0.25, 0.3) is 0 Å². The molecule has 3 N–H and O–H groups in total. The highest BCUT2D eigenvalue weighted by Gasteiger charge is 2.12. The molecule has 0 fully saturated rings. The highest BCUT2D eigenvalue weighted by atomic mass is 16.5. The lowest BCUT2D eigenvalue weighted by Crippen LogP contribution is -2.17. The first-order chi connectivity index (χ1) is 20.7. The van der Waals surface area contributed by atoms with E-state index in [9.17, 15) is 5.26 Å². The molecule has 2 aromatic carbocycles. The number of nitriles is 1. The smallest absolute Gasteiger partial charge is 0.213 e. The van der Waals surface area contributed by atoms with Crippen molar-refractivity contribution in [1.29, 1.82) is 5.26 Å². The molecule has 0 atom stereocenters. The Bertz CT molecular complexity index is 1390. The van der Waals surface area contributed by atoms with Crippen LogP contribution in [0, 0.1) is 11.3 Å². The highest BCUT2D eigenvalue weighted by molar-refractivity contribution is 5.72. The molecule has 8 nitrogen and oxygen atoms in total. The molecule has 0 saturated heterocycles. The lowest BCUT2D eigenvalue weighted by Gasteiger charge is -2.12. The van der Waals surface area contributed by atoms with E-state index in [2.05, 4.69) is 33.6 Å². The van der Waals surface area contributed by atoms with Crippen LogP contribution in [0.25, 0.3) is 11.1 Å². The number of nitrogens with one attached hydrogen (secondary N) is 2. The van der Waals surface area contributed by atoms with Crippen molar-refractivity contribution in [3.8, 4) is 29.0 Å². The van der Waals surface area contributed by atoms with Gasteiger partial charge in [-0.05, 0) is 46.8 Å². The highest BCUT2D eigenvalue weighted by Crippen LogP contribution is 2.28. The van der Waals surface area contributed by atoms with Crippen molar-refractivity contribution in [2.45, 2.75) is 53.5 Å². The fourth-order valence-corrected chi connectivity index (χ4v) is 4.15. The third-order valence-electron chi connectivity index (χ3n) is 6.23. The molecule has 4 aromatic rings. The van der Waals surface area contributed by atoms with Gasteiger partial charge in [-0.1, -0.05) is 69.3 Å². The summed E-state index contributed by atoms with van der Waals surface area (Å²) in [6, 6.07) is 23.8. The number of pyridine rings is 2. The van der Waals surface area contributed by atoms with Crippen LogP contribution in [0.5, 0.6) is 11.8 Å². The van der Waals surface area contributed by atoms with Crippen molar-refractivity contribution in [1.82, 2.24) is 20.6 Å². The summed E-state index contributed by atoms with van der Waals surface area (Å²) in [6.07, 6.45) is 4.67. The van der Waals surface area contributed by atoms with Crippen molar-refractivity contribution in [2.75, 3.05) is 19.7 Å². The van der Waals surface area contributed by atoms with Crippen LogP contribution in [-0.4, -0.2) is 34.8 Å². The van der Waals surface area contributed by atoms with Gasteiger partial charge in [-0.15, -0.1) is 0 Å². The summed E-state index contributed by atoms with van der Waals surface area (Å²) in [5, 5.41) is 25.4. The molecular weight excluding hydrogens is 526 g/mol. The molecule has 0 unspecified atom stereocenters. The first kappa shape index (κ1) is 32.2. The normalized spacial score (nSPS) is 10.4. The van der Waals surface area contributed by atoms with Crippen LogP contribution in [0.3, 0.4) is 0 Å². The number of hydrogen-bond donors (Lipinski definition) is 3. The van der Waals surface area contributed by atoms with Gasteiger partial charge in [-0.3, -0.25) is 0 Å². The van der Waals surface area contributed by atoms with Crippen molar-refractivity contribution >= 4 is 0 Å². The van der Waals surface area contributed by atoms with Crippen LogP contribution in [0.4, 0.5) is 0 Å².